The number of hydrogen-bond acceptors (Lipinski definition) is 4. The molecule has 30 heavy (non-hydrogen) atoms. The Labute approximate surface area is 176 Å². The number of aryl methyl sites for hydroxylation is 1. The zero-order chi connectivity index (χ0) is 21.3. The molecule has 6 nitrogen and oxygen atoms in total. The second-order valence-electron chi connectivity index (χ2n) is 7.93. The van der Waals surface area contributed by atoms with Crippen LogP contribution in [-0.4, -0.2) is 46.5 Å². The fourth-order valence-corrected chi connectivity index (χ4v) is 4.25. The second kappa shape index (κ2) is 8.30. The quantitative estimate of drug-likeness (QED) is 0.669. The van der Waals surface area contributed by atoms with Gasteiger partial charge in [0.2, 0.25) is 5.91 Å². The molecule has 1 aromatic heterocycles. The molecule has 6 heteroatoms. The van der Waals surface area contributed by atoms with Crippen molar-refractivity contribution in [1.82, 2.24) is 14.5 Å². The first-order chi connectivity index (χ1) is 14.5. The molecule has 1 fully saturated rings. The van der Waals surface area contributed by atoms with E-state index < -0.39 is 6.04 Å². The van der Waals surface area contributed by atoms with E-state index in [2.05, 4.69) is 41.9 Å². The molecule has 0 spiro atoms. The highest BCUT2D eigenvalue weighted by Gasteiger charge is 2.29. The van der Waals surface area contributed by atoms with Crippen LogP contribution in [-0.2, 0) is 4.79 Å². The highest BCUT2D eigenvalue weighted by atomic mass is 16.2. The van der Waals surface area contributed by atoms with Crippen molar-refractivity contribution in [2.75, 3.05) is 31.1 Å². The van der Waals surface area contributed by atoms with Crippen LogP contribution in [0.5, 0.6) is 0 Å². The highest BCUT2D eigenvalue weighted by molar-refractivity contribution is 5.82. The molecular formula is C24H28N4O2. The third-order valence-electron chi connectivity index (χ3n) is 6.21. The number of fused-ring (bicyclic) bond motifs is 1. The van der Waals surface area contributed by atoms with Crippen LogP contribution in [0.2, 0.25) is 0 Å². The average molecular weight is 405 g/mol. The van der Waals surface area contributed by atoms with E-state index in [9.17, 15) is 9.59 Å². The first-order valence-electron chi connectivity index (χ1n) is 10.6. The minimum Gasteiger partial charge on any atom is -0.368 e. The summed E-state index contributed by atoms with van der Waals surface area (Å²) in [6, 6.07) is 13.1. The van der Waals surface area contributed by atoms with Crippen LogP contribution in [0.3, 0.4) is 0 Å². The van der Waals surface area contributed by atoms with E-state index in [4.69, 9.17) is 0 Å². The topological polar surface area (TPSA) is 58.4 Å². The molecule has 0 saturated carbocycles. The minimum absolute atomic E-state index is 0.00250. The number of carbonyl (C=O) groups is 1. The summed E-state index contributed by atoms with van der Waals surface area (Å²) in [6.45, 7) is 9.09. The molecule has 1 atom stereocenters. The van der Waals surface area contributed by atoms with Gasteiger partial charge in [-0.3, -0.25) is 14.2 Å². The molecule has 2 aromatic carbocycles. The molecule has 4 rings (SSSR count). The minimum atomic E-state index is -0.526. The Morgan fingerprint density at radius 2 is 1.77 bits per heavy atom. The van der Waals surface area contributed by atoms with Crippen molar-refractivity contribution in [3.05, 3.63) is 70.3 Å². The standard InChI is InChI=1S/C24H28N4O2/c1-4-21(28-16-25-20-10-6-5-9-19(20)23(28)29)24(30)27-14-12-26(13-15-27)22-11-7-8-17(2)18(22)3/h5-11,16,21H,4,12-15H2,1-3H3. The van der Waals surface area contributed by atoms with Crippen molar-refractivity contribution < 1.29 is 4.79 Å². The Kier molecular flexibility index (Phi) is 5.57. The molecule has 1 aliphatic heterocycles. The third kappa shape index (κ3) is 3.58. The zero-order valence-corrected chi connectivity index (χ0v) is 17.8. The lowest BCUT2D eigenvalue weighted by Gasteiger charge is -2.38. The van der Waals surface area contributed by atoms with E-state index >= 15 is 0 Å². The SMILES string of the molecule is CCC(C(=O)N1CCN(c2cccc(C)c2C)CC1)n1cnc2ccccc2c1=O. The molecule has 1 aliphatic rings. The summed E-state index contributed by atoms with van der Waals surface area (Å²) in [4.78, 5) is 34.9. The van der Waals surface area contributed by atoms with E-state index in [-0.39, 0.29) is 11.5 Å². The fourth-order valence-electron chi connectivity index (χ4n) is 4.25. The van der Waals surface area contributed by atoms with Gasteiger partial charge in [0.25, 0.3) is 5.56 Å². The smallest absolute Gasteiger partial charge is 0.261 e. The number of para-hydroxylation sites is 1. The summed E-state index contributed by atoms with van der Waals surface area (Å²) in [5.74, 6) is -0.00250. The van der Waals surface area contributed by atoms with E-state index in [0.717, 1.165) is 13.1 Å². The van der Waals surface area contributed by atoms with E-state index in [0.29, 0.717) is 30.4 Å². The van der Waals surface area contributed by atoms with Gasteiger partial charge in [0.1, 0.15) is 6.04 Å². The number of aromatic nitrogens is 2. The van der Waals surface area contributed by atoms with Crippen molar-refractivity contribution in [1.29, 1.82) is 0 Å². The van der Waals surface area contributed by atoms with Gasteiger partial charge >= 0.3 is 0 Å². The molecule has 0 bridgehead atoms. The Morgan fingerprint density at radius 1 is 1.03 bits per heavy atom. The molecule has 0 radical (unpaired) electrons. The molecule has 2 heterocycles. The number of amides is 1. The van der Waals surface area contributed by atoms with Crippen LogP contribution in [0.25, 0.3) is 10.9 Å². The van der Waals surface area contributed by atoms with Crippen molar-refractivity contribution in [3.63, 3.8) is 0 Å². The van der Waals surface area contributed by atoms with Gasteiger partial charge in [0.05, 0.1) is 17.2 Å². The molecule has 1 saturated heterocycles. The molecule has 0 N–H and O–H groups in total. The lowest BCUT2D eigenvalue weighted by Crippen LogP contribution is -2.51. The molecule has 156 valence electrons. The summed E-state index contributed by atoms with van der Waals surface area (Å²) in [5.41, 5.74) is 4.31. The predicted octanol–water partition coefficient (Wildman–Crippen LogP) is 3.31. The Bertz CT molecular complexity index is 1130. The van der Waals surface area contributed by atoms with Crippen molar-refractivity contribution in [2.45, 2.75) is 33.2 Å². The first-order valence-corrected chi connectivity index (χ1v) is 10.6. The van der Waals surface area contributed by atoms with Gasteiger partial charge in [-0.15, -0.1) is 0 Å². The van der Waals surface area contributed by atoms with Gasteiger partial charge in [-0.1, -0.05) is 31.2 Å². The van der Waals surface area contributed by atoms with Crippen LogP contribution in [0.4, 0.5) is 5.69 Å². The third-order valence-corrected chi connectivity index (χ3v) is 6.21. The van der Waals surface area contributed by atoms with E-state index in [1.807, 2.05) is 30.0 Å². The van der Waals surface area contributed by atoms with Gasteiger partial charge in [-0.2, -0.15) is 0 Å². The largest absolute Gasteiger partial charge is 0.368 e. The van der Waals surface area contributed by atoms with Crippen molar-refractivity contribution in [3.8, 4) is 0 Å². The van der Waals surface area contributed by atoms with Crippen molar-refractivity contribution in [2.24, 2.45) is 0 Å². The van der Waals surface area contributed by atoms with Gasteiger partial charge in [-0.25, -0.2) is 4.98 Å². The molecule has 1 amide bonds. The Balaban J connectivity index is 1.52. The Hall–Kier alpha value is -3.15. The number of carbonyl (C=O) groups excluding carboxylic acids is 1. The van der Waals surface area contributed by atoms with Gasteiger partial charge in [0.15, 0.2) is 0 Å². The maximum Gasteiger partial charge on any atom is 0.261 e. The fraction of sp³-hybridized carbons (Fsp3) is 0.375. The summed E-state index contributed by atoms with van der Waals surface area (Å²) < 4.78 is 1.50. The summed E-state index contributed by atoms with van der Waals surface area (Å²) in [5, 5.41) is 0.547. The normalized spacial score (nSPS) is 15.4. The number of nitrogens with zero attached hydrogens (tertiary/aromatic N) is 4. The van der Waals surface area contributed by atoms with Gasteiger partial charge < -0.3 is 9.80 Å². The number of hydrogen-bond donors (Lipinski definition) is 0. The summed E-state index contributed by atoms with van der Waals surface area (Å²) in [7, 11) is 0. The molecule has 3 aromatic rings. The number of piperazine rings is 1. The maximum atomic E-state index is 13.3. The van der Waals surface area contributed by atoms with Crippen LogP contribution in [0.15, 0.2) is 53.6 Å². The second-order valence-corrected chi connectivity index (χ2v) is 7.93. The number of benzene rings is 2. The van der Waals surface area contributed by atoms with E-state index in [1.165, 1.54) is 27.7 Å². The first kappa shape index (κ1) is 20.1. The highest BCUT2D eigenvalue weighted by Crippen LogP contribution is 2.25. The van der Waals surface area contributed by atoms with Gasteiger partial charge in [0, 0.05) is 31.9 Å². The summed E-state index contributed by atoms with van der Waals surface area (Å²) in [6.07, 6.45) is 2.07. The monoisotopic (exact) mass is 404 g/mol. The summed E-state index contributed by atoms with van der Waals surface area (Å²) >= 11 is 0. The van der Waals surface area contributed by atoms with Crippen molar-refractivity contribution >= 4 is 22.5 Å². The van der Waals surface area contributed by atoms with Gasteiger partial charge in [-0.05, 0) is 49.6 Å². The van der Waals surface area contributed by atoms with Crippen LogP contribution < -0.4 is 10.5 Å². The maximum absolute atomic E-state index is 13.3. The van der Waals surface area contributed by atoms with E-state index in [1.54, 1.807) is 6.07 Å². The lowest BCUT2D eigenvalue weighted by molar-refractivity contribution is -0.135. The zero-order valence-electron chi connectivity index (χ0n) is 17.8. The average Bonchev–Trinajstić information content (AvgIpc) is 2.78. The molecular weight excluding hydrogens is 376 g/mol. The van der Waals surface area contributed by atoms with Crippen LogP contribution >= 0.6 is 0 Å². The van der Waals surface area contributed by atoms with Crippen LogP contribution in [0.1, 0.15) is 30.5 Å². The lowest BCUT2D eigenvalue weighted by atomic mass is 10.1. The predicted molar refractivity (Wildman–Crippen MR) is 120 cm³/mol. The number of rotatable bonds is 4. The molecule has 0 aliphatic carbocycles. The van der Waals surface area contributed by atoms with Crippen LogP contribution in [0, 0.1) is 13.8 Å². The Morgan fingerprint density at radius 3 is 2.50 bits per heavy atom. The molecule has 1 unspecified atom stereocenters. The number of anilines is 1.